The van der Waals surface area contributed by atoms with Crippen molar-refractivity contribution in [2.75, 3.05) is 0 Å². The van der Waals surface area contributed by atoms with Crippen molar-refractivity contribution in [3.63, 3.8) is 0 Å². The van der Waals surface area contributed by atoms with E-state index in [1.54, 1.807) is 16.4 Å². The standard InChI is InChI=1S/C15H19NO2S/c1-11-6-8-14(9-7-11)19(17,18)16-12(2)10-13-4-3-5-15(13)16/h6-10,13,15H,3-5H2,1-2H3. The van der Waals surface area contributed by atoms with E-state index in [0.717, 1.165) is 30.5 Å². The molecule has 2 atom stereocenters. The second kappa shape index (κ2) is 4.37. The Kier molecular flexibility index (Phi) is 2.93. The molecule has 4 heteroatoms. The molecule has 19 heavy (non-hydrogen) atoms. The van der Waals surface area contributed by atoms with E-state index < -0.39 is 10.0 Å². The van der Waals surface area contributed by atoms with Gasteiger partial charge in [-0.05, 0) is 38.8 Å². The topological polar surface area (TPSA) is 37.4 Å². The van der Waals surface area contributed by atoms with Gasteiger partial charge in [0.2, 0.25) is 0 Å². The van der Waals surface area contributed by atoms with Crippen molar-refractivity contribution in [1.29, 1.82) is 0 Å². The van der Waals surface area contributed by atoms with Crippen molar-refractivity contribution in [3.05, 3.63) is 41.6 Å². The van der Waals surface area contributed by atoms with Crippen LogP contribution in [0.3, 0.4) is 0 Å². The van der Waals surface area contributed by atoms with E-state index in [-0.39, 0.29) is 6.04 Å². The lowest BCUT2D eigenvalue weighted by Gasteiger charge is -2.27. The van der Waals surface area contributed by atoms with Crippen molar-refractivity contribution < 1.29 is 8.42 Å². The summed E-state index contributed by atoms with van der Waals surface area (Å²) in [6.07, 6.45) is 5.34. The molecule has 2 aliphatic rings. The minimum atomic E-state index is -3.39. The van der Waals surface area contributed by atoms with Gasteiger partial charge < -0.3 is 0 Å². The number of hydrogen-bond acceptors (Lipinski definition) is 2. The SMILES string of the molecule is CC1=CC2CCCC2N1S(=O)(=O)c1ccc(C)cc1. The van der Waals surface area contributed by atoms with Gasteiger partial charge in [0, 0.05) is 11.6 Å². The van der Waals surface area contributed by atoms with Crippen LogP contribution in [0, 0.1) is 12.8 Å². The molecule has 0 N–H and O–H groups in total. The first-order valence-corrected chi connectivity index (χ1v) is 8.24. The normalized spacial score (nSPS) is 26.4. The van der Waals surface area contributed by atoms with Crippen molar-refractivity contribution in [3.8, 4) is 0 Å². The molecule has 0 amide bonds. The summed E-state index contributed by atoms with van der Waals surface area (Å²) in [5.41, 5.74) is 1.96. The quantitative estimate of drug-likeness (QED) is 0.833. The molecule has 1 fully saturated rings. The highest BCUT2D eigenvalue weighted by atomic mass is 32.2. The van der Waals surface area contributed by atoms with E-state index in [2.05, 4.69) is 6.08 Å². The van der Waals surface area contributed by atoms with Gasteiger partial charge in [0.25, 0.3) is 10.0 Å². The Morgan fingerprint density at radius 3 is 2.47 bits per heavy atom. The molecule has 0 saturated heterocycles. The molecule has 1 saturated carbocycles. The van der Waals surface area contributed by atoms with Gasteiger partial charge >= 0.3 is 0 Å². The van der Waals surface area contributed by atoms with E-state index in [1.807, 2.05) is 26.0 Å². The first-order chi connectivity index (χ1) is 9.00. The van der Waals surface area contributed by atoms with Gasteiger partial charge in [0.05, 0.1) is 10.9 Å². The van der Waals surface area contributed by atoms with E-state index >= 15 is 0 Å². The van der Waals surface area contributed by atoms with Crippen LogP contribution in [0.25, 0.3) is 0 Å². The second-order valence-electron chi connectivity index (χ2n) is 5.58. The zero-order chi connectivity index (χ0) is 13.6. The van der Waals surface area contributed by atoms with Gasteiger partial charge in [0.1, 0.15) is 0 Å². The van der Waals surface area contributed by atoms with Gasteiger partial charge in [-0.15, -0.1) is 0 Å². The number of aryl methyl sites for hydroxylation is 1. The van der Waals surface area contributed by atoms with E-state index in [4.69, 9.17) is 0 Å². The van der Waals surface area contributed by atoms with Crippen molar-refractivity contribution in [2.45, 2.75) is 44.0 Å². The lowest BCUT2D eigenvalue weighted by atomic mass is 10.1. The molecule has 1 aromatic carbocycles. The number of allylic oxidation sites excluding steroid dienone is 1. The highest BCUT2D eigenvalue weighted by molar-refractivity contribution is 7.89. The zero-order valence-corrected chi connectivity index (χ0v) is 12.2. The lowest BCUT2D eigenvalue weighted by Crippen LogP contribution is -2.36. The molecule has 1 aliphatic heterocycles. The van der Waals surface area contributed by atoms with Crippen LogP contribution in [-0.4, -0.2) is 18.8 Å². The molecule has 0 aromatic heterocycles. The number of sulfonamides is 1. The Bertz CT molecular complexity index is 616. The minimum absolute atomic E-state index is 0.145. The molecule has 3 nitrogen and oxygen atoms in total. The molecular formula is C15H19NO2S. The third-order valence-corrected chi connectivity index (χ3v) is 6.16. The Labute approximate surface area is 115 Å². The monoisotopic (exact) mass is 277 g/mol. The predicted molar refractivity (Wildman–Crippen MR) is 75.1 cm³/mol. The molecule has 1 aliphatic carbocycles. The summed E-state index contributed by atoms with van der Waals surface area (Å²) in [5.74, 6) is 0.417. The summed E-state index contributed by atoms with van der Waals surface area (Å²) < 4.78 is 27.2. The largest absolute Gasteiger partial charge is 0.267 e. The van der Waals surface area contributed by atoms with Crippen LogP contribution in [0.15, 0.2) is 40.9 Å². The molecular weight excluding hydrogens is 258 g/mol. The molecule has 3 rings (SSSR count). The van der Waals surface area contributed by atoms with Gasteiger partial charge in [-0.2, -0.15) is 0 Å². The number of rotatable bonds is 2. The fourth-order valence-electron chi connectivity index (χ4n) is 3.29. The van der Waals surface area contributed by atoms with Crippen LogP contribution in [0.4, 0.5) is 0 Å². The molecule has 0 spiro atoms. The van der Waals surface area contributed by atoms with E-state index in [9.17, 15) is 8.42 Å². The summed E-state index contributed by atoms with van der Waals surface area (Å²) in [6.45, 7) is 3.87. The average Bonchev–Trinajstić information content (AvgIpc) is 2.88. The molecule has 102 valence electrons. The van der Waals surface area contributed by atoms with Crippen molar-refractivity contribution in [2.24, 2.45) is 5.92 Å². The molecule has 0 radical (unpaired) electrons. The highest BCUT2D eigenvalue weighted by Gasteiger charge is 2.42. The Balaban J connectivity index is 2.01. The van der Waals surface area contributed by atoms with Crippen molar-refractivity contribution >= 4 is 10.0 Å². The number of nitrogens with zero attached hydrogens (tertiary/aromatic N) is 1. The molecule has 0 bridgehead atoms. The van der Waals surface area contributed by atoms with Crippen LogP contribution < -0.4 is 0 Å². The molecule has 2 unspecified atom stereocenters. The first-order valence-electron chi connectivity index (χ1n) is 6.80. The van der Waals surface area contributed by atoms with E-state index in [0.29, 0.717) is 10.8 Å². The maximum Gasteiger partial charge on any atom is 0.264 e. The summed E-state index contributed by atoms with van der Waals surface area (Å²) in [4.78, 5) is 0.401. The number of fused-ring (bicyclic) bond motifs is 1. The van der Waals surface area contributed by atoms with Crippen molar-refractivity contribution in [1.82, 2.24) is 4.31 Å². The van der Waals surface area contributed by atoms with Gasteiger partial charge in [0.15, 0.2) is 0 Å². The highest BCUT2D eigenvalue weighted by Crippen LogP contribution is 2.41. The Morgan fingerprint density at radius 2 is 1.79 bits per heavy atom. The van der Waals surface area contributed by atoms with Gasteiger partial charge in [-0.3, -0.25) is 4.31 Å². The summed E-state index contributed by atoms with van der Waals surface area (Å²) in [5, 5.41) is 0. The lowest BCUT2D eigenvalue weighted by molar-refractivity contribution is 0.376. The van der Waals surface area contributed by atoms with Crippen LogP contribution in [0.5, 0.6) is 0 Å². The number of hydrogen-bond donors (Lipinski definition) is 0. The van der Waals surface area contributed by atoms with Gasteiger partial charge in [-0.25, -0.2) is 8.42 Å². The summed E-state index contributed by atoms with van der Waals surface area (Å²) in [7, 11) is -3.39. The molecule has 1 aromatic rings. The fourth-order valence-corrected chi connectivity index (χ4v) is 5.06. The Morgan fingerprint density at radius 1 is 1.11 bits per heavy atom. The minimum Gasteiger partial charge on any atom is -0.267 e. The fraction of sp³-hybridized carbons (Fsp3) is 0.467. The van der Waals surface area contributed by atoms with Crippen LogP contribution in [-0.2, 0) is 10.0 Å². The number of benzene rings is 1. The van der Waals surface area contributed by atoms with Crippen LogP contribution in [0.1, 0.15) is 31.7 Å². The third kappa shape index (κ3) is 1.98. The van der Waals surface area contributed by atoms with Gasteiger partial charge in [-0.1, -0.05) is 30.2 Å². The van der Waals surface area contributed by atoms with Crippen LogP contribution >= 0.6 is 0 Å². The molecule has 1 heterocycles. The summed E-state index contributed by atoms with van der Waals surface area (Å²) >= 11 is 0. The predicted octanol–water partition coefficient (Wildman–Crippen LogP) is 3.07. The maximum absolute atomic E-state index is 12.8. The maximum atomic E-state index is 12.8. The Hall–Kier alpha value is -1.29. The average molecular weight is 277 g/mol. The van der Waals surface area contributed by atoms with Crippen LogP contribution in [0.2, 0.25) is 0 Å². The summed E-state index contributed by atoms with van der Waals surface area (Å²) in [6, 6.07) is 7.27. The first kappa shape index (κ1) is 12.7. The smallest absolute Gasteiger partial charge is 0.264 e. The van der Waals surface area contributed by atoms with E-state index in [1.165, 1.54) is 0 Å². The third-order valence-electron chi connectivity index (χ3n) is 4.21. The second-order valence-corrected chi connectivity index (χ2v) is 7.40. The zero-order valence-electron chi connectivity index (χ0n) is 11.3.